The van der Waals surface area contributed by atoms with Gasteiger partial charge in [-0.15, -0.1) is 4.83 Å². The molecule has 2 aromatic rings. The van der Waals surface area contributed by atoms with Crippen LogP contribution in [0.2, 0.25) is 0 Å². The van der Waals surface area contributed by atoms with Crippen molar-refractivity contribution in [3.63, 3.8) is 0 Å². The smallest absolute Gasteiger partial charge is 0.266 e. The number of benzene rings is 2. The van der Waals surface area contributed by atoms with Crippen LogP contribution in [0, 0.1) is 17.5 Å². The number of hydrogen-bond acceptors (Lipinski definition) is 3. The number of nitrogens with one attached hydrogen (secondary N) is 2. The van der Waals surface area contributed by atoms with Crippen LogP contribution in [0.15, 0.2) is 41.3 Å². The molecule has 0 bridgehead atoms. The van der Waals surface area contributed by atoms with Crippen molar-refractivity contribution in [3.05, 3.63) is 65.0 Å². The number of rotatable bonds is 5. The first-order valence-electron chi connectivity index (χ1n) is 6.81. The fourth-order valence-corrected chi connectivity index (χ4v) is 2.76. The van der Waals surface area contributed by atoms with Gasteiger partial charge >= 0.3 is 0 Å². The van der Waals surface area contributed by atoms with Crippen LogP contribution in [-0.2, 0) is 16.4 Å². The van der Waals surface area contributed by atoms with Gasteiger partial charge in [-0.05, 0) is 36.2 Å². The molecule has 24 heavy (non-hydrogen) atoms. The summed E-state index contributed by atoms with van der Waals surface area (Å²) in [6.07, 6.45) is 0.768. The first-order chi connectivity index (χ1) is 11.3. The Labute approximate surface area is 136 Å². The monoisotopic (exact) mass is 358 g/mol. The molecule has 0 aliphatic rings. The quantitative estimate of drug-likeness (QED) is 0.636. The van der Waals surface area contributed by atoms with Gasteiger partial charge in [-0.25, -0.2) is 21.6 Å². The maximum atomic E-state index is 13.5. The van der Waals surface area contributed by atoms with Crippen LogP contribution in [0.5, 0.6) is 0 Å². The molecule has 0 fully saturated rings. The second-order valence-electron chi connectivity index (χ2n) is 4.78. The van der Waals surface area contributed by atoms with Gasteiger partial charge in [0.2, 0.25) is 0 Å². The Balaban J connectivity index is 2.15. The highest BCUT2D eigenvalue weighted by Crippen LogP contribution is 2.19. The minimum Gasteiger partial charge on any atom is -0.273 e. The Bertz CT molecular complexity index is 868. The van der Waals surface area contributed by atoms with Crippen LogP contribution in [0.1, 0.15) is 22.8 Å². The van der Waals surface area contributed by atoms with Gasteiger partial charge in [0.25, 0.3) is 15.9 Å². The van der Waals surface area contributed by atoms with Gasteiger partial charge < -0.3 is 0 Å². The molecule has 0 aliphatic carbocycles. The van der Waals surface area contributed by atoms with E-state index in [1.165, 1.54) is 12.1 Å². The molecule has 0 radical (unpaired) electrons. The Morgan fingerprint density at radius 3 is 2.21 bits per heavy atom. The van der Waals surface area contributed by atoms with Gasteiger partial charge in [0.15, 0.2) is 17.5 Å². The molecule has 0 saturated heterocycles. The molecule has 2 rings (SSSR count). The largest absolute Gasteiger partial charge is 0.273 e. The van der Waals surface area contributed by atoms with Gasteiger partial charge in [-0.2, -0.15) is 0 Å². The predicted octanol–water partition coefficient (Wildman–Crippen LogP) is 2.29. The van der Waals surface area contributed by atoms with E-state index in [1.54, 1.807) is 17.0 Å². The van der Waals surface area contributed by atoms with Crippen molar-refractivity contribution in [2.75, 3.05) is 0 Å². The van der Waals surface area contributed by atoms with E-state index in [-0.39, 0.29) is 5.56 Å². The SMILES string of the molecule is CCc1ccc(C(=O)NNS(=O)(=O)c2ccc(F)c(F)c2F)cc1. The third-order valence-corrected chi connectivity index (χ3v) is 4.48. The van der Waals surface area contributed by atoms with Crippen LogP contribution < -0.4 is 10.3 Å². The maximum Gasteiger partial charge on any atom is 0.266 e. The number of carbonyl (C=O) groups is 1. The zero-order valence-corrected chi connectivity index (χ0v) is 13.3. The minimum absolute atomic E-state index is 0.167. The van der Waals surface area contributed by atoms with E-state index in [1.807, 2.05) is 12.3 Å². The Morgan fingerprint density at radius 1 is 1.00 bits per heavy atom. The first kappa shape index (κ1) is 18.0. The Kier molecular flexibility index (Phi) is 5.25. The summed E-state index contributed by atoms with van der Waals surface area (Å²) >= 11 is 0. The van der Waals surface area contributed by atoms with Crippen molar-refractivity contribution < 1.29 is 26.4 Å². The molecule has 0 atom stereocenters. The molecular weight excluding hydrogens is 345 g/mol. The van der Waals surface area contributed by atoms with Crippen molar-refractivity contribution in [1.82, 2.24) is 10.3 Å². The molecule has 5 nitrogen and oxygen atoms in total. The van der Waals surface area contributed by atoms with Crippen LogP contribution >= 0.6 is 0 Å². The van der Waals surface area contributed by atoms with Crippen LogP contribution in [0.25, 0.3) is 0 Å². The fourth-order valence-electron chi connectivity index (χ4n) is 1.85. The number of amides is 1. The predicted molar refractivity (Wildman–Crippen MR) is 79.9 cm³/mol. The zero-order chi connectivity index (χ0) is 17.9. The molecule has 0 saturated carbocycles. The average Bonchev–Trinajstić information content (AvgIpc) is 2.57. The van der Waals surface area contributed by atoms with Gasteiger partial charge in [-0.3, -0.25) is 10.2 Å². The maximum absolute atomic E-state index is 13.5. The molecule has 2 N–H and O–H groups in total. The average molecular weight is 358 g/mol. The molecule has 0 aromatic heterocycles. The zero-order valence-electron chi connectivity index (χ0n) is 12.4. The van der Waals surface area contributed by atoms with E-state index in [2.05, 4.69) is 0 Å². The lowest BCUT2D eigenvalue weighted by Gasteiger charge is -2.10. The summed E-state index contributed by atoms with van der Waals surface area (Å²) < 4.78 is 63.3. The van der Waals surface area contributed by atoms with E-state index in [4.69, 9.17) is 0 Å². The highest BCUT2D eigenvalue weighted by molar-refractivity contribution is 7.89. The van der Waals surface area contributed by atoms with Crippen LogP contribution in [0.4, 0.5) is 13.2 Å². The summed E-state index contributed by atoms with van der Waals surface area (Å²) in [5.74, 6) is -6.10. The van der Waals surface area contributed by atoms with E-state index in [0.717, 1.165) is 12.0 Å². The standard InChI is InChI=1S/C15H13F3N2O3S/c1-2-9-3-5-10(6-4-9)15(21)19-20-24(22,23)12-8-7-11(16)13(17)14(12)18/h3-8,20H,2H2,1H3,(H,19,21). The van der Waals surface area contributed by atoms with Crippen LogP contribution in [-0.4, -0.2) is 14.3 Å². The first-order valence-corrected chi connectivity index (χ1v) is 8.29. The fraction of sp³-hybridized carbons (Fsp3) is 0.133. The molecule has 0 heterocycles. The molecular formula is C15H13F3N2O3S. The van der Waals surface area contributed by atoms with Gasteiger partial charge in [0, 0.05) is 5.56 Å². The second-order valence-corrected chi connectivity index (χ2v) is 6.43. The number of carbonyl (C=O) groups excluding carboxylic acids is 1. The molecule has 9 heteroatoms. The lowest BCUT2D eigenvalue weighted by Crippen LogP contribution is -2.41. The molecule has 128 valence electrons. The van der Waals surface area contributed by atoms with E-state index in [9.17, 15) is 26.4 Å². The number of aryl methyl sites for hydroxylation is 1. The minimum atomic E-state index is -4.61. The van der Waals surface area contributed by atoms with Crippen molar-refractivity contribution in [2.45, 2.75) is 18.2 Å². The summed E-state index contributed by atoms with van der Waals surface area (Å²) in [6.45, 7) is 1.93. The van der Waals surface area contributed by atoms with Crippen molar-refractivity contribution >= 4 is 15.9 Å². The van der Waals surface area contributed by atoms with E-state index >= 15 is 0 Å². The van der Waals surface area contributed by atoms with Gasteiger partial charge in [-0.1, -0.05) is 19.1 Å². The summed E-state index contributed by atoms with van der Waals surface area (Å²) in [4.78, 5) is 12.4. The second kappa shape index (κ2) is 7.02. The lowest BCUT2D eigenvalue weighted by molar-refractivity contribution is 0.0945. The summed E-state index contributed by atoms with van der Waals surface area (Å²) in [5, 5.41) is 0. The lowest BCUT2D eigenvalue weighted by atomic mass is 10.1. The number of hydrazine groups is 1. The van der Waals surface area contributed by atoms with Gasteiger partial charge in [0.1, 0.15) is 4.90 Å². The number of hydrogen-bond donors (Lipinski definition) is 2. The van der Waals surface area contributed by atoms with Crippen LogP contribution in [0.3, 0.4) is 0 Å². The highest BCUT2D eigenvalue weighted by Gasteiger charge is 2.24. The summed E-state index contributed by atoms with van der Waals surface area (Å²) in [5.41, 5.74) is 3.03. The molecule has 2 aromatic carbocycles. The third-order valence-electron chi connectivity index (χ3n) is 3.21. The van der Waals surface area contributed by atoms with E-state index < -0.39 is 38.3 Å². The van der Waals surface area contributed by atoms with E-state index in [0.29, 0.717) is 12.1 Å². The highest BCUT2D eigenvalue weighted by atomic mass is 32.2. The van der Waals surface area contributed by atoms with Crippen molar-refractivity contribution in [3.8, 4) is 0 Å². The third kappa shape index (κ3) is 3.74. The summed E-state index contributed by atoms with van der Waals surface area (Å²) in [6, 6.07) is 7.38. The molecule has 1 amide bonds. The number of halogens is 3. The van der Waals surface area contributed by atoms with Gasteiger partial charge in [0.05, 0.1) is 0 Å². The number of sulfonamides is 1. The molecule has 0 unspecified atom stereocenters. The topological polar surface area (TPSA) is 75.3 Å². The van der Waals surface area contributed by atoms with Crippen molar-refractivity contribution in [2.24, 2.45) is 0 Å². The normalized spacial score (nSPS) is 11.3. The van der Waals surface area contributed by atoms with Crippen molar-refractivity contribution in [1.29, 1.82) is 0 Å². The Hall–Kier alpha value is -2.39. The molecule has 0 aliphatic heterocycles. The molecule has 0 spiro atoms. The summed E-state index contributed by atoms with van der Waals surface area (Å²) in [7, 11) is -4.61. The Morgan fingerprint density at radius 2 is 1.62 bits per heavy atom.